The molecule has 0 fully saturated rings. The number of halogens is 1. The van der Waals surface area contributed by atoms with Crippen LogP contribution in [0, 0.1) is 5.82 Å². The summed E-state index contributed by atoms with van der Waals surface area (Å²) in [5.74, 6) is 0.553. The fraction of sp³-hybridized carbons (Fsp3) is 0.0833. The second kappa shape index (κ2) is 3.05. The Morgan fingerprint density at radius 2 is 2.20 bits per heavy atom. The van der Waals surface area contributed by atoms with Crippen LogP contribution in [0.15, 0.2) is 47.6 Å². The molecule has 2 aliphatic rings. The molecule has 0 unspecified atom stereocenters. The number of rotatable bonds is 0. The van der Waals surface area contributed by atoms with Crippen molar-refractivity contribution < 1.29 is 4.39 Å². The molecule has 0 aliphatic carbocycles. The topological polar surface area (TPSA) is 15.6 Å². The molecule has 1 aromatic rings. The number of hydrogen-bond donors (Lipinski definition) is 0. The van der Waals surface area contributed by atoms with Crippen LogP contribution in [-0.4, -0.2) is 10.7 Å². The molecule has 15 heavy (non-hydrogen) atoms. The number of nitrogens with zero attached hydrogens (tertiary/aromatic N) is 2. The lowest BCUT2D eigenvalue weighted by atomic mass is 10.1. The number of amidine groups is 1. The number of benzene rings is 1. The minimum atomic E-state index is -0.248. The van der Waals surface area contributed by atoms with Crippen LogP contribution in [0.3, 0.4) is 0 Å². The molecule has 0 spiro atoms. The Bertz CT molecular complexity index is 500. The van der Waals surface area contributed by atoms with Crippen molar-refractivity contribution in [1.29, 1.82) is 0 Å². The van der Waals surface area contributed by atoms with E-state index in [0.717, 1.165) is 11.4 Å². The Morgan fingerprint density at radius 3 is 3.13 bits per heavy atom. The summed E-state index contributed by atoms with van der Waals surface area (Å²) in [7, 11) is 0. The minimum absolute atomic E-state index is 0.248. The first kappa shape index (κ1) is 8.41. The molecule has 3 rings (SSSR count). The van der Waals surface area contributed by atoms with Crippen molar-refractivity contribution in [2.24, 2.45) is 4.99 Å². The van der Waals surface area contributed by atoms with Crippen LogP contribution in [0.2, 0.25) is 0 Å². The first-order valence-corrected chi connectivity index (χ1v) is 4.82. The highest BCUT2D eigenvalue weighted by Gasteiger charge is 2.19. The summed E-state index contributed by atoms with van der Waals surface area (Å²) in [5.41, 5.74) is 1.41. The molecule has 0 aromatic heterocycles. The van der Waals surface area contributed by atoms with Crippen LogP contribution in [0.5, 0.6) is 0 Å². The van der Waals surface area contributed by atoms with Gasteiger partial charge >= 0.3 is 0 Å². The standard InChI is InChI=1S/C12H9FN2/c13-10-5-3-4-9-8-15-7-2-1-6-11(15)14-12(9)10/h1-7H,8H2. The number of allylic oxidation sites excluding steroid dienone is 2. The van der Waals surface area contributed by atoms with E-state index < -0.39 is 0 Å². The number of fused-ring (bicyclic) bond motifs is 2. The Labute approximate surface area is 87.1 Å². The molecular formula is C12H9FN2. The number of hydrogen-bond acceptors (Lipinski definition) is 2. The van der Waals surface area contributed by atoms with E-state index in [9.17, 15) is 4.39 Å². The van der Waals surface area contributed by atoms with Gasteiger partial charge in [-0.3, -0.25) is 0 Å². The van der Waals surface area contributed by atoms with Gasteiger partial charge in [0.25, 0.3) is 0 Å². The van der Waals surface area contributed by atoms with E-state index in [2.05, 4.69) is 4.99 Å². The van der Waals surface area contributed by atoms with Crippen molar-refractivity contribution in [2.75, 3.05) is 0 Å². The van der Waals surface area contributed by atoms with Crippen LogP contribution < -0.4 is 0 Å². The van der Waals surface area contributed by atoms with Gasteiger partial charge in [0.05, 0.1) is 6.54 Å². The Hall–Kier alpha value is -1.90. The van der Waals surface area contributed by atoms with E-state index in [0.29, 0.717) is 12.2 Å². The molecule has 0 radical (unpaired) electrons. The molecule has 0 saturated heterocycles. The average molecular weight is 200 g/mol. The lowest BCUT2D eigenvalue weighted by molar-refractivity contribution is 0.536. The quantitative estimate of drug-likeness (QED) is 0.628. The predicted molar refractivity (Wildman–Crippen MR) is 57.3 cm³/mol. The summed E-state index contributed by atoms with van der Waals surface area (Å²) in [5, 5.41) is 0. The molecule has 2 heterocycles. The van der Waals surface area contributed by atoms with Gasteiger partial charge in [-0.2, -0.15) is 0 Å². The fourth-order valence-corrected chi connectivity index (χ4v) is 1.81. The number of aliphatic imine (C=N–C) groups is 1. The highest BCUT2D eigenvalue weighted by molar-refractivity contribution is 5.97. The van der Waals surface area contributed by atoms with Crippen molar-refractivity contribution in [3.8, 4) is 0 Å². The molecule has 2 nitrogen and oxygen atoms in total. The molecule has 74 valence electrons. The van der Waals surface area contributed by atoms with Crippen LogP contribution >= 0.6 is 0 Å². The SMILES string of the molecule is Fc1cccc2c1N=C1C=CC=CN1C2. The van der Waals surface area contributed by atoms with Crippen LogP contribution in [0.25, 0.3) is 0 Å². The van der Waals surface area contributed by atoms with Gasteiger partial charge < -0.3 is 4.90 Å². The predicted octanol–water partition coefficient (Wildman–Crippen LogP) is 2.75. The van der Waals surface area contributed by atoms with E-state index in [1.807, 2.05) is 35.4 Å². The first-order chi connectivity index (χ1) is 7.34. The third kappa shape index (κ3) is 1.28. The summed E-state index contributed by atoms with van der Waals surface area (Å²) in [6.45, 7) is 0.687. The van der Waals surface area contributed by atoms with E-state index in [4.69, 9.17) is 0 Å². The summed E-state index contributed by atoms with van der Waals surface area (Å²) < 4.78 is 13.5. The molecule has 1 aromatic carbocycles. The van der Waals surface area contributed by atoms with Gasteiger partial charge in [-0.05, 0) is 18.2 Å². The smallest absolute Gasteiger partial charge is 0.149 e. The summed E-state index contributed by atoms with van der Waals surface area (Å²) in [4.78, 5) is 6.30. The van der Waals surface area contributed by atoms with Crippen molar-refractivity contribution >= 4 is 11.5 Å². The maximum atomic E-state index is 13.5. The van der Waals surface area contributed by atoms with Crippen molar-refractivity contribution in [3.63, 3.8) is 0 Å². The fourth-order valence-electron chi connectivity index (χ4n) is 1.81. The zero-order valence-electron chi connectivity index (χ0n) is 8.02. The molecule has 0 bridgehead atoms. The van der Waals surface area contributed by atoms with Gasteiger partial charge in [-0.15, -0.1) is 0 Å². The second-order valence-electron chi connectivity index (χ2n) is 3.55. The summed E-state index contributed by atoms with van der Waals surface area (Å²) in [6, 6.07) is 5.07. The molecule has 0 atom stereocenters. The van der Waals surface area contributed by atoms with Gasteiger partial charge in [0, 0.05) is 11.8 Å². The largest absolute Gasteiger partial charge is 0.329 e. The second-order valence-corrected chi connectivity index (χ2v) is 3.55. The molecule has 0 amide bonds. The number of para-hydroxylation sites is 1. The van der Waals surface area contributed by atoms with Crippen molar-refractivity contribution in [2.45, 2.75) is 6.54 Å². The van der Waals surface area contributed by atoms with Gasteiger partial charge in [-0.1, -0.05) is 18.2 Å². The van der Waals surface area contributed by atoms with Crippen molar-refractivity contribution in [3.05, 3.63) is 54.0 Å². The third-order valence-electron chi connectivity index (χ3n) is 2.55. The average Bonchev–Trinajstić information content (AvgIpc) is 2.27. The van der Waals surface area contributed by atoms with E-state index in [1.165, 1.54) is 6.07 Å². The maximum absolute atomic E-state index is 13.5. The minimum Gasteiger partial charge on any atom is -0.329 e. The Morgan fingerprint density at radius 1 is 1.27 bits per heavy atom. The van der Waals surface area contributed by atoms with Crippen LogP contribution in [0.1, 0.15) is 5.56 Å². The summed E-state index contributed by atoms with van der Waals surface area (Å²) >= 11 is 0. The van der Waals surface area contributed by atoms with Gasteiger partial charge in [-0.25, -0.2) is 9.38 Å². The Balaban J connectivity index is 2.17. The Kier molecular flexibility index (Phi) is 1.71. The molecule has 2 aliphatic heterocycles. The normalized spacial score (nSPS) is 17.1. The zero-order chi connectivity index (χ0) is 10.3. The van der Waals surface area contributed by atoms with Gasteiger partial charge in [0.2, 0.25) is 0 Å². The van der Waals surface area contributed by atoms with E-state index >= 15 is 0 Å². The molecular weight excluding hydrogens is 191 g/mol. The van der Waals surface area contributed by atoms with Crippen LogP contribution in [-0.2, 0) is 6.54 Å². The highest BCUT2D eigenvalue weighted by Crippen LogP contribution is 2.29. The third-order valence-corrected chi connectivity index (χ3v) is 2.55. The van der Waals surface area contributed by atoms with E-state index in [1.54, 1.807) is 6.07 Å². The van der Waals surface area contributed by atoms with E-state index in [-0.39, 0.29) is 5.82 Å². The zero-order valence-corrected chi connectivity index (χ0v) is 8.02. The maximum Gasteiger partial charge on any atom is 0.149 e. The monoisotopic (exact) mass is 200 g/mol. The van der Waals surface area contributed by atoms with Crippen molar-refractivity contribution in [1.82, 2.24) is 4.90 Å². The first-order valence-electron chi connectivity index (χ1n) is 4.82. The lowest BCUT2D eigenvalue weighted by Gasteiger charge is -2.27. The lowest BCUT2D eigenvalue weighted by Crippen LogP contribution is -2.27. The summed E-state index contributed by atoms with van der Waals surface area (Å²) in [6.07, 6.45) is 7.69. The molecule has 3 heteroatoms. The van der Waals surface area contributed by atoms with Crippen LogP contribution in [0.4, 0.5) is 10.1 Å². The molecule has 0 N–H and O–H groups in total. The van der Waals surface area contributed by atoms with Gasteiger partial charge in [0.1, 0.15) is 17.3 Å². The highest BCUT2D eigenvalue weighted by atomic mass is 19.1. The van der Waals surface area contributed by atoms with Gasteiger partial charge in [0.15, 0.2) is 0 Å². The molecule has 0 saturated carbocycles.